The topological polar surface area (TPSA) is 111 Å². The molecule has 0 radical (unpaired) electrons. The van der Waals surface area contributed by atoms with Gasteiger partial charge in [0.15, 0.2) is 0 Å². The fourth-order valence-corrected chi connectivity index (χ4v) is 3.20. The normalized spacial score (nSPS) is 11.4. The number of benzene rings is 2. The van der Waals surface area contributed by atoms with Gasteiger partial charge in [-0.2, -0.15) is 4.98 Å². The standard InChI is InChI=1S/C16H10F3N3O5S.Na.H/c17-16(18,19)26-11-8-4-5-9-12(11)28(24,25)22-14(23)15-20-13(21-27-15)10-6-2-1-3-7-10;;/h1-9H,(H,22,23);;. The van der Waals surface area contributed by atoms with Crippen molar-refractivity contribution in [3.8, 4) is 17.1 Å². The predicted molar refractivity (Wildman–Crippen MR) is 94.7 cm³/mol. The Morgan fingerprint density at radius 2 is 1.66 bits per heavy atom. The van der Waals surface area contributed by atoms with E-state index >= 15 is 0 Å². The molecule has 1 heterocycles. The van der Waals surface area contributed by atoms with E-state index in [9.17, 15) is 26.4 Å². The zero-order chi connectivity index (χ0) is 20.4. The molecule has 13 heteroatoms. The number of amides is 1. The van der Waals surface area contributed by atoms with Gasteiger partial charge in [0.1, 0.15) is 10.6 Å². The number of nitrogens with zero attached hydrogens (tertiary/aromatic N) is 2. The van der Waals surface area contributed by atoms with Crippen molar-refractivity contribution in [2.24, 2.45) is 0 Å². The fourth-order valence-electron chi connectivity index (χ4n) is 2.12. The van der Waals surface area contributed by atoms with E-state index in [0.717, 1.165) is 18.2 Å². The summed E-state index contributed by atoms with van der Waals surface area (Å²) in [5.41, 5.74) is 0.511. The van der Waals surface area contributed by atoms with E-state index in [4.69, 9.17) is 4.52 Å². The zero-order valence-electron chi connectivity index (χ0n) is 13.7. The maximum absolute atomic E-state index is 12.5. The van der Waals surface area contributed by atoms with E-state index in [2.05, 4.69) is 14.9 Å². The van der Waals surface area contributed by atoms with E-state index in [-0.39, 0.29) is 35.4 Å². The van der Waals surface area contributed by atoms with Crippen LogP contribution in [-0.4, -0.2) is 60.4 Å². The van der Waals surface area contributed by atoms with Crippen molar-refractivity contribution in [1.29, 1.82) is 0 Å². The molecule has 1 amide bonds. The van der Waals surface area contributed by atoms with Gasteiger partial charge in [-0.3, -0.25) is 4.79 Å². The molecule has 0 atom stereocenters. The van der Waals surface area contributed by atoms with Crippen LogP contribution in [0.25, 0.3) is 11.4 Å². The van der Waals surface area contributed by atoms with Crippen molar-refractivity contribution in [3.05, 3.63) is 60.5 Å². The van der Waals surface area contributed by atoms with E-state index in [1.54, 1.807) is 35.1 Å². The summed E-state index contributed by atoms with van der Waals surface area (Å²) in [4.78, 5) is 15.0. The Morgan fingerprint density at radius 1 is 1.03 bits per heavy atom. The number of ether oxygens (including phenoxy) is 1. The SMILES string of the molecule is O=C(NS(=O)(=O)c1ccccc1OC(F)(F)F)c1nc(-c2ccccc2)no1.[NaH]. The number of rotatable bonds is 5. The third-order valence-corrected chi connectivity index (χ3v) is 4.61. The van der Waals surface area contributed by atoms with Gasteiger partial charge in [-0.15, -0.1) is 13.2 Å². The first-order chi connectivity index (χ1) is 13.2. The number of halogens is 3. The molecular formula is C16H11F3N3NaO5S. The molecule has 0 spiro atoms. The number of carbonyl (C=O) groups is 1. The van der Waals surface area contributed by atoms with Crippen LogP contribution in [0.2, 0.25) is 0 Å². The van der Waals surface area contributed by atoms with E-state index in [0.29, 0.717) is 5.56 Å². The van der Waals surface area contributed by atoms with E-state index in [1.807, 2.05) is 0 Å². The van der Waals surface area contributed by atoms with Crippen LogP contribution < -0.4 is 9.46 Å². The third-order valence-electron chi connectivity index (χ3n) is 3.24. The summed E-state index contributed by atoms with van der Waals surface area (Å²) < 4.78 is 72.0. The van der Waals surface area contributed by atoms with Gasteiger partial charge in [0.2, 0.25) is 5.82 Å². The van der Waals surface area contributed by atoms with Crippen LogP contribution >= 0.6 is 0 Å². The number of sulfonamides is 1. The number of alkyl halides is 3. The molecule has 0 aliphatic rings. The predicted octanol–water partition coefficient (Wildman–Crippen LogP) is 2.11. The van der Waals surface area contributed by atoms with Gasteiger partial charge in [0.05, 0.1) is 0 Å². The second-order valence-electron chi connectivity index (χ2n) is 5.22. The monoisotopic (exact) mass is 437 g/mol. The Morgan fingerprint density at radius 3 is 2.31 bits per heavy atom. The zero-order valence-corrected chi connectivity index (χ0v) is 14.5. The molecule has 2 aromatic carbocycles. The summed E-state index contributed by atoms with van der Waals surface area (Å²) in [6.07, 6.45) is -5.12. The van der Waals surface area contributed by atoms with Crippen molar-refractivity contribution in [1.82, 2.24) is 14.9 Å². The summed E-state index contributed by atoms with van der Waals surface area (Å²) in [6, 6.07) is 12.3. The number of para-hydroxylation sites is 1. The minimum absolute atomic E-state index is 0. The van der Waals surface area contributed by atoms with Crippen molar-refractivity contribution in [2.75, 3.05) is 0 Å². The Balaban J connectivity index is 0.00000300. The molecule has 0 bridgehead atoms. The Bertz CT molecular complexity index is 1100. The first-order valence-electron chi connectivity index (χ1n) is 7.47. The second kappa shape index (κ2) is 8.95. The fraction of sp³-hybridized carbons (Fsp3) is 0.0625. The molecule has 0 saturated heterocycles. The summed E-state index contributed by atoms with van der Waals surface area (Å²) in [6.45, 7) is 0. The average molecular weight is 437 g/mol. The van der Waals surface area contributed by atoms with Crippen LogP contribution in [0.1, 0.15) is 10.7 Å². The summed E-state index contributed by atoms with van der Waals surface area (Å²) in [5.74, 6) is -2.96. The van der Waals surface area contributed by atoms with Gasteiger partial charge < -0.3 is 9.26 Å². The van der Waals surface area contributed by atoms with Crippen molar-refractivity contribution in [3.63, 3.8) is 0 Å². The van der Waals surface area contributed by atoms with Crippen LogP contribution in [-0.2, 0) is 10.0 Å². The molecule has 0 aliphatic heterocycles. The molecule has 0 aliphatic carbocycles. The Kier molecular flexibility index (Phi) is 7.06. The van der Waals surface area contributed by atoms with E-state index in [1.165, 1.54) is 6.07 Å². The average Bonchev–Trinajstić information content (AvgIpc) is 3.11. The minimum atomic E-state index is -5.12. The van der Waals surface area contributed by atoms with Gasteiger partial charge in [0.25, 0.3) is 10.0 Å². The molecule has 0 fully saturated rings. The van der Waals surface area contributed by atoms with Gasteiger partial charge in [-0.05, 0) is 12.1 Å². The molecule has 8 nitrogen and oxygen atoms in total. The summed E-state index contributed by atoms with van der Waals surface area (Å²) in [7, 11) is -4.72. The third kappa shape index (κ3) is 5.79. The molecule has 3 aromatic rings. The Hall–Kier alpha value is -2.41. The molecule has 3 rings (SSSR count). The molecule has 1 aromatic heterocycles. The van der Waals surface area contributed by atoms with Gasteiger partial charge in [-0.25, -0.2) is 13.1 Å². The number of hydrogen-bond donors (Lipinski definition) is 1. The molecule has 29 heavy (non-hydrogen) atoms. The molecule has 148 valence electrons. The van der Waals surface area contributed by atoms with Gasteiger partial charge in [-0.1, -0.05) is 47.6 Å². The van der Waals surface area contributed by atoms with Crippen LogP contribution in [0.5, 0.6) is 5.75 Å². The van der Waals surface area contributed by atoms with Crippen molar-refractivity contribution >= 4 is 45.5 Å². The van der Waals surface area contributed by atoms with Crippen LogP contribution in [0.4, 0.5) is 13.2 Å². The summed E-state index contributed by atoms with van der Waals surface area (Å²) in [5, 5.41) is 3.56. The van der Waals surface area contributed by atoms with Gasteiger partial charge >= 0.3 is 47.7 Å². The number of aromatic nitrogens is 2. The molecule has 0 saturated carbocycles. The van der Waals surface area contributed by atoms with Crippen LogP contribution in [0, 0.1) is 0 Å². The second-order valence-corrected chi connectivity index (χ2v) is 6.87. The van der Waals surface area contributed by atoms with Crippen LogP contribution in [0.3, 0.4) is 0 Å². The Labute approximate surface area is 184 Å². The van der Waals surface area contributed by atoms with E-state index < -0.39 is 38.8 Å². The summed E-state index contributed by atoms with van der Waals surface area (Å²) >= 11 is 0. The molecule has 1 N–H and O–H groups in total. The first kappa shape index (κ1) is 22.9. The number of carbonyl (C=O) groups excluding carboxylic acids is 1. The number of hydrogen-bond acceptors (Lipinski definition) is 7. The van der Waals surface area contributed by atoms with Crippen molar-refractivity contribution in [2.45, 2.75) is 11.3 Å². The molecular weight excluding hydrogens is 426 g/mol. The molecule has 0 unspecified atom stereocenters. The first-order valence-corrected chi connectivity index (χ1v) is 8.95. The number of nitrogens with one attached hydrogen (secondary N) is 1. The van der Waals surface area contributed by atoms with Gasteiger partial charge in [0, 0.05) is 5.56 Å². The quantitative estimate of drug-likeness (QED) is 0.609. The maximum atomic E-state index is 12.5. The van der Waals surface area contributed by atoms with Crippen molar-refractivity contribution < 1.29 is 35.6 Å². The van der Waals surface area contributed by atoms with Crippen LogP contribution in [0.15, 0.2) is 64.0 Å².